The quantitative estimate of drug-likeness (QED) is 0.351. The predicted octanol–water partition coefficient (Wildman–Crippen LogP) is -5.19. The number of nitrogens with zero attached hydrogens (tertiary/aromatic N) is 2. The number of rotatable bonds is 6. The zero-order valence-electron chi connectivity index (χ0n) is 11.8. The van der Waals surface area contributed by atoms with Gasteiger partial charge in [-0.2, -0.15) is 0 Å². The zero-order valence-corrected chi connectivity index (χ0v) is 14.5. The van der Waals surface area contributed by atoms with Gasteiger partial charge in [0.05, 0.1) is 31.7 Å². The van der Waals surface area contributed by atoms with Crippen LogP contribution >= 0.6 is 0 Å². The average molecular weight is 324 g/mol. The van der Waals surface area contributed by atoms with E-state index in [0.29, 0.717) is 26.2 Å². The van der Waals surface area contributed by atoms with Crippen LogP contribution in [0.5, 0.6) is 0 Å². The molecule has 0 aliphatic carbocycles. The van der Waals surface area contributed by atoms with E-state index < -0.39 is 31.7 Å². The maximum Gasteiger partial charge on any atom is 1.00 e. The van der Waals surface area contributed by atoms with Crippen LogP contribution in [0.1, 0.15) is 1.43 Å². The molecular formula is C8H17N2NaO6S2. The van der Waals surface area contributed by atoms with Crippen LogP contribution < -0.4 is 29.6 Å². The fraction of sp³-hybridized carbons (Fsp3) is 1.00. The summed E-state index contributed by atoms with van der Waals surface area (Å²) >= 11 is 0. The van der Waals surface area contributed by atoms with Gasteiger partial charge in [-0.05, 0) is 0 Å². The molecule has 0 amide bonds. The van der Waals surface area contributed by atoms with E-state index in [4.69, 9.17) is 0 Å². The van der Waals surface area contributed by atoms with E-state index in [9.17, 15) is 25.9 Å². The maximum absolute atomic E-state index is 10.5. The standard InChI is InChI=1S/C8H18N2O6S2.Na/c11-17(12,13)7-5-9-1-2-10(4-3-9)6-8-18(14,15)16;/h1-8H2,(H,11,12,13)(H,14,15,16);/q;+1/p-1. The fourth-order valence-electron chi connectivity index (χ4n) is 1.72. The van der Waals surface area contributed by atoms with Gasteiger partial charge < -0.3 is 9.11 Å². The Morgan fingerprint density at radius 1 is 0.789 bits per heavy atom. The Morgan fingerprint density at radius 3 is 1.26 bits per heavy atom. The molecule has 0 aromatic rings. The minimum atomic E-state index is -4.19. The summed E-state index contributed by atoms with van der Waals surface area (Å²) in [6.45, 7) is 2.64. The van der Waals surface area contributed by atoms with Crippen molar-refractivity contribution < 1.29 is 56.9 Å². The van der Waals surface area contributed by atoms with Crippen molar-refractivity contribution in [3.63, 3.8) is 0 Å². The van der Waals surface area contributed by atoms with Gasteiger partial charge in [0.1, 0.15) is 0 Å². The second-order valence-corrected chi connectivity index (χ2v) is 7.25. The van der Waals surface area contributed by atoms with Crippen LogP contribution in [0.3, 0.4) is 0 Å². The van der Waals surface area contributed by atoms with E-state index in [1.165, 1.54) is 0 Å². The molecule has 108 valence electrons. The monoisotopic (exact) mass is 324 g/mol. The summed E-state index contributed by atoms with van der Waals surface area (Å²) in [6, 6.07) is 0. The SMILES string of the molecule is O=S(=O)([O-])CCN1CCN(CCS(=O)(=O)[O-])CC1.[H+].[Na+]. The van der Waals surface area contributed by atoms with Gasteiger partial charge in [0, 0.05) is 39.3 Å². The predicted molar refractivity (Wildman–Crippen MR) is 63.1 cm³/mol. The van der Waals surface area contributed by atoms with E-state index in [0.717, 1.165) is 0 Å². The van der Waals surface area contributed by atoms with Gasteiger partial charge >= 0.3 is 31.0 Å². The third-order valence-electron chi connectivity index (χ3n) is 2.78. The van der Waals surface area contributed by atoms with Crippen LogP contribution in [0, 0.1) is 0 Å². The summed E-state index contributed by atoms with van der Waals surface area (Å²) in [4.78, 5) is 3.66. The molecule has 19 heavy (non-hydrogen) atoms. The fourth-order valence-corrected chi connectivity index (χ4v) is 2.68. The Hall–Kier alpha value is 0.740. The van der Waals surface area contributed by atoms with Crippen molar-refractivity contribution in [1.29, 1.82) is 0 Å². The molecule has 0 N–H and O–H groups in total. The Balaban J connectivity index is 0. The topological polar surface area (TPSA) is 121 Å². The largest absolute Gasteiger partial charge is 1.00 e. The first-order chi connectivity index (χ1) is 8.16. The smallest absolute Gasteiger partial charge is 0.748 e. The first-order valence-electron chi connectivity index (χ1n) is 5.47. The van der Waals surface area contributed by atoms with E-state index in [2.05, 4.69) is 0 Å². The van der Waals surface area contributed by atoms with E-state index in [-0.39, 0.29) is 44.1 Å². The average Bonchev–Trinajstić information content (AvgIpc) is 2.23. The molecule has 0 aromatic carbocycles. The number of hydrogen-bond donors (Lipinski definition) is 0. The number of hydrogen-bond acceptors (Lipinski definition) is 8. The second kappa shape index (κ2) is 8.25. The minimum Gasteiger partial charge on any atom is -0.748 e. The summed E-state index contributed by atoms with van der Waals surface area (Å²) < 4.78 is 62.7. The molecule has 0 aromatic heterocycles. The first kappa shape index (κ1) is 19.7. The second-order valence-electron chi connectivity index (χ2n) is 4.21. The van der Waals surface area contributed by atoms with Gasteiger partial charge in [-0.25, -0.2) is 16.8 Å². The molecule has 1 aliphatic heterocycles. The summed E-state index contributed by atoms with van der Waals surface area (Å²) in [5.41, 5.74) is 0. The van der Waals surface area contributed by atoms with Crippen molar-refractivity contribution in [1.82, 2.24) is 9.80 Å². The van der Waals surface area contributed by atoms with E-state index in [1.807, 2.05) is 9.80 Å². The third kappa shape index (κ3) is 10.2. The molecule has 0 atom stereocenters. The molecule has 1 fully saturated rings. The van der Waals surface area contributed by atoms with Crippen LogP contribution in [0.15, 0.2) is 0 Å². The number of piperazine rings is 1. The molecule has 0 saturated carbocycles. The van der Waals surface area contributed by atoms with Crippen LogP contribution in [0.4, 0.5) is 0 Å². The first-order valence-corrected chi connectivity index (χ1v) is 8.63. The van der Waals surface area contributed by atoms with E-state index in [1.54, 1.807) is 0 Å². The van der Waals surface area contributed by atoms with Crippen LogP contribution in [-0.2, 0) is 20.2 Å². The Bertz CT molecular complexity index is 419. The molecule has 1 rings (SSSR count). The molecule has 1 aliphatic rings. The molecule has 8 nitrogen and oxygen atoms in total. The normalized spacial score (nSPS) is 19.1. The minimum absolute atomic E-state index is 0. The van der Waals surface area contributed by atoms with Crippen molar-refractivity contribution in [2.75, 3.05) is 50.8 Å². The molecule has 0 unspecified atom stereocenters. The van der Waals surface area contributed by atoms with Gasteiger partial charge in [-0.1, -0.05) is 0 Å². The molecule has 0 radical (unpaired) electrons. The van der Waals surface area contributed by atoms with Crippen LogP contribution in [-0.4, -0.2) is 86.5 Å². The molecule has 1 heterocycles. The van der Waals surface area contributed by atoms with Crippen LogP contribution in [0.25, 0.3) is 0 Å². The molecule has 0 spiro atoms. The molecule has 11 heteroatoms. The molecule has 0 bridgehead atoms. The summed E-state index contributed by atoms with van der Waals surface area (Å²) in [6.07, 6.45) is 0. The van der Waals surface area contributed by atoms with Gasteiger partial charge in [0.2, 0.25) is 0 Å². The van der Waals surface area contributed by atoms with Crippen molar-refractivity contribution in [2.24, 2.45) is 0 Å². The van der Waals surface area contributed by atoms with Crippen molar-refractivity contribution >= 4 is 20.2 Å². The Kier molecular flexibility index (Phi) is 8.57. The van der Waals surface area contributed by atoms with Crippen molar-refractivity contribution in [2.45, 2.75) is 0 Å². The third-order valence-corrected chi connectivity index (χ3v) is 4.15. The van der Waals surface area contributed by atoms with Crippen molar-refractivity contribution in [3.8, 4) is 0 Å². The summed E-state index contributed by atoms with van der Waals surface area (Å²) in [5, 5.41) is 0. The summed E-state index contributed by atoms with van der Waals surface area (Å²) in [5.74, 6) is -0.829. The van der Waals surface area contributed by atoms with E-state index >= 15 is 0 Å². The van der Waals surface area contributed by atoms with Gasteiger partial charge in [-0.3, -0.25) is 9.80 Å². The van der Waals surface area contributed by atoms with Gasteiger partial charge in [-0.15, -0.1) is 0 Å². The molecular weight excluding hydrogens is 307 g/mol. The van der Waals surface area contributed by atoms with Gasteiger partial charge in [0.15, 0.2) is 0 Å². The summed E-state index contributed by atoms with van der Waals surface area (Å²) in [7, 11) is -8.39. The van der Waals surface area contributed by atoms with Crippen LogP contribution in [0.2, 0.25) is 0 Å². The maximum atomic E-state index is 10.5. The van der Waals surface area contributed by atoms with Crippen molar-refractivity contribution in [3.05, 3.63) is 0 Å². The Morgan fingerprint density at radius 2 is 1.05 bits per heavy atom. The van der Waals surface area contributed by atoms with Gasteiger partial charge in [0.25, 0.3) is 0 Å². The molecule has 1 saturated heterocycles. The Labute approximate surface area is 137 Å². The zero-order chi connectivity index (χ0) is 13.8.